The Hall–Kier alpha value is -3.87. The van der Waals surface area contributed by atoms with Crippen LogP contribution in [-0.4, -0.2) is 16.1 Å². The molecule has 0 unspecified atom stereocenters. The van der Waals surface area contributed by atoms with Crippen LogP contribution in [-0.2, 0) is 6.42 Å². The first-order valence-corrected chi connectivity index (χ1v) is 8.20. The van der Waals surface area contributed by atoms with Gasteiger partial charge < -0.3 is 0 Å². The Balaban J connectivity index is 1.58. The van der Waals surface area contributed by atoms with E-state index in [0.717, 1.165) is 33.5 Å². The SMILES string of the molecule is O=[N+]([O-])c1ccc(C=Nc2ccc3c(c2)Cc2cc([N+](=O)[O-])ccc2-3)cc1. The molecule has 3 aromatic carbocycles. The van der Waals surface area contributed by atoms with Gasteiger partial charge in [0.1, 0.15) is 0 Å². The quantitative estimate of drug-likeness (QED) is 0.296. The Kier molecular flexibility index (Phi) is 3.97. The molecule has 0 aromatic heterocycles. The van der Waals surface area contributed by atoms with Gasteiger partial charge in [0, 0.05) is 30.5 Å². The van der Waals surface area contributed by atoms with Gasteiger partial charge in [-0.15, -0.1) is 0 Å². The van der Waals surface area contributed by atoms with E-state index in [-0.39, 0.29) is 16.3 Å². The smallest absolute Gasteiger partial charge is 0.258 e. The molecule has 7 heteroatoms. The predicted molar refractivity (Wildman–Crippen MR) is 102 cm³/mol. The largest absolute Gasteiger partial charge is 0.269 e. The molecule has 0 aliphatic heterocycles. The Labute approximate surface area is 153 Å². The van der Waals surface area contributed by atoms with Crippen molar-refractivity contribution in [1.29, 1.82) is 0 Å². The highest BCUT2D eigenvalue weighted by molar-refractivity contribution is 5.84. The summed E-state index contributed by atoms with van der Waals surface area (Å²) < 4.78 is 0. The molecule has 4 rings (SSSR count). The van der Waals surface area contributed by atoms with Gasteiger partial charge in [-0.05, 0) is 64.6 Å². The number of non-ortho nitro benzene ring substituents is 2. The van der Waals surface area contributed by atoms with Gasteiger partial charge in [-0.2, -0.15) is 0 Å². The zero-order valence-electron chi connectivity index (χ0n) is 14.0. The molecular weight excluding hydrogens is 346 g/mol. The van der Waals surface area contributed by atoms with E-state index in [1.54, 1.807) is 30.5 Å². The van der Waals surface area contributed by atoms with Crippen molar-refractivity contribution in [3.05, 3.63) is 97.6 Å². The maximum atomic E-state index is 11.0. The van der Waals surface area contributed by atoms with E-state index in [9.17, 15) is 20.2 Å². The Morgan fingerprint density at radius 3 is 2.04 bits per heavy atom. The van der Waals surface area contributed by atoms with E-state index >= 15 is 0 Å². The van der Waals surface area contributed by atoms with E-state index in [2.05, 4.69) is 4.99 Å². The lowest BCUT2D eigenvalue weighted by Gasteiger charge is -2.02. The lowest BCUT2D eigenvalue weighted by atomic mass is 10.1. The zero-order chi connectivity index (χ0) is 19.0. The number of hydrogen-bond donors (Lipinski definition) is 0. The van der Waals surface area contributed by atoms with Gasteiger partial charge in [0.25, 0.3) is 11.4 Å². The van der Waals surface area contributed by atoms with Crippen molar-refractivity contribution in [3.8, 4) is 11.1 Å². The van der Waals surface area contributed by atoms with Crippen LogP contribution in [0.1, 0.15) is 16.7 Å². The Bertz CT molecular complexity index is 1100. The molecule has 132 valence electrons. The molecule has 0 saturated heterocycles. The highest BCUT2D eigenvalue weighted by Gasteiger charge is 2.21. The van der Waals surface area contributed by atoms with Crippen LogP contribution in [0, 0.1) is 20.2 Å². The van der Waals surface area contributed by atoms with Crippen LogP contribution in [0.15, 0.2) is 65.7 Å². The molecule has 0 atom stereocenters. The van der Waals surface area contributed by atoms with Crippen molar-refractivity contribution >= 4 is 23.3 Å². The summed E-state index contributed by atoms with van der Waals surface area (Å²) in [6.45, 7) is 0. The maximum Gasteiger partial charge on any atom is 0.269 e. The van der Waals surface area contributed by atoms with Gasteiger partial charge in [-0.1, -0.05) is 6.07 Å². The van der Waals surface area contributed by atoms with Gasteiger partial charge in [-0.25, -0.2) is 0 Å². The fourth-order valence-electron chi connectivity index (χ4n) is 3.21. The molecule has 0 heterocycles. The van der Waals surface area contributed by atoms with Crippen LogP contribution in [0.3, 0.4) is 0 Å². The van der Waals surface area contributed by atoms with Crippen LogP contribution in [0.4, 0.5) is 17.1 Å². The van der Waals surface area contributed by atoms with E-state index in [1.807, 2.05) is 18.2 Å². The summed E-state index contributed by atoms with van der Waals surface area (Å²) in [7, 11) is 0. The summed E-state index contributed by atoms with van der Waals surface area (Å²) in [5, 5.41) is 21.6. The lowest BCUT2D eigenvalue weighted by molar-refractivity contribution is -0.385. The zero-order valence-corrected chi connectivity index (χ0v) is 14.0. The van der Waals surface area contributed by atoms with E-state index in [1.165, 1.54) is 18.2 Å². The second-order valence-electron chi connectivity index (χ2n) is 6.22. The fraction of sp³-hybridized carbons (Fsp3) is 0.0500. The Morgan fingerprint density at radius 1 is 0.778 bits per heavy atom. The first kappa shape index (κ1) is 16.6. The third-order valence-corrected chi connectivity index (χ3v) is 4.53. The van der Waals surface area contributed by atoms with Crippen molar-refractivity contribution in [2.24, 2.45) is 4.99 Å². The highest BCUT2D eigenvalue weighted by Crippen LogP contribution is 2.39. The van der Waals surface area contributed by atoms with Crippen molar-refractivity contribution in [2.75, 3.05) is 0 Å². The molecule has 1 aliphatic rings. The van der Waals surface area contributed by atoms with E-state index in [4.69, 9.17) is 0 Å². The molecule has 1 aliphatic carbocycles. The normalized spacial score (nSPS) is 12.0. The average Bonchev–Trinajstić information content (AvgIpc) is 3.03. The first-order valence-electron chi connectivity index (χ1n) is 8.20. The summed E-state index contributed by atoms with van der Waals surface area (Å²) in [5.41, 5.74) is 5.75. The maximum absolute atomic E-state index is 11.0. The molecule has 0 spiro atoms. The third kappa shape index (κ3) is 3.18. The minimum absolute atomic E-state index is 0.0385. The topological polar surface area (TPSA) is 98.6 Å². The molecule has 0 bridgehead atoms. The van der Waals surface area contributed by atoms with Crippen molar-refractivity contribution < 1.29 is 9.85 Å². The molecule has 0 fully saturated rings. The number of aliphatic imine (C=N–C) groups is 1. The van der Waals surface area contributed by atoms with Crippen LogP contribution < -0.4 is 0 Å². The van der Waals surface area contributed by atoms with Crippen molar-refractivity contribution in [3.63, 3.8) is 0 Å². The number of nitrogens with zero attached hydrogens (tertiary/aromatic N) is 3. The number of hydrogen-bond acceptors (Lipinski definition) is 5. The van der Waals surface area contributed by atoms with E-state index < -0.39 is 4.92 Å². The third-order valence-electron chi connectivity index (χ3n) is 4.53. The second kappa shape index (κ2) is 6.45. The van der Waals surface area contributed by atoms with Gasteiger partial charge in [-0.3, -0.25) is 25.2 Å². The number of benzene rings is 3. The molecule has 0 saturated carbocycles. The van der Waals surface area contributed by atoms with Gasteiger partial charge >= 0.3 is 0 Å². The van der Waals surface area contributed by atoms with Crippen LogP contribution in [0.2, 0.25) is 0 Å². The first-order chi connectivity index (χ1) is 13.0. The number of fused-ring (bicyclic) bond motifs is 3. The highest BCUT2D eigenvalue weighted by atomic mass is 16.6. The van der Waals surface area contributed by atoms with Gasteiger partial charge in [0.05, 0.1) is 15.5 Å². The molecule has 0 N–H and O–H groups in total. The Morgan fingerprint density at radius 2 is 1.37 bits per heavy atom. The minimum atomic E-state index is -0.441. The fourth-order valence-corrected chi connectivity index (χ4v) is 3.21. The molecule has 3 aromatic rings. The molecule has 27 heavy (non-hydrogen) atoms. The number of nitro benzene ring substituents is 2. The summed E-state index contributed by atoms with van der Waals surface area (Å²) in [4.78, 5) is 25.2. The molecule has 7 nitrogen and oxygen atoms in total. The van der Waals surface area contributed by atoms with E-state index in [0.29, 0.717) is 6.42 Å². The van der Waals surface area contributed by atoms with Crippen LogP contribution in [0.25, 0.3) is 11.1 Å². The average molecular weight is 359 g/mol. The van der Waals surface area contributed by atoms with Gasteiger partial charge in [0.15, 0.2) is 0 Å². The number of nitro groups is 2. The predicted octanol–water partition coefficient (Wildman–Crippen LogP) is 4.82. The lowest BCUT2D eigenvalue weighted by Crippen LogP contribution is -1.89. The van der Waals surface area contributed by atoms with Crippen molar-refractivity contribution in [1.82, 2.24) is 0 Å². The summed E-state index contributed by atoms with van der Waals surface area (Å²) >= 11 is 0. The number of rotatable bonds is 4. The summed E-state index contributed by atoms with van der Waals surface area (Å²) in [5.74, 6) is 0. The minimum Gasteiger partial charge on any atom is -0.258 e. The molecular formula is C20H13N3O4. The monoisotopic (exact) mass is 359 g/mol. The van der Waals surface area contributed by atoms with Crippen molar-refractivity contribution in [2.45, 2.75) is 6.42 Å². The second-order valence-corrected chi connectivity index (χ2v) is 6.22. The van der Waals surface area contributed by atoms with Gasteiger partial charge in [0.2, 0.25) is 0 Å². The molecule has 0 amide bonds. The van der Waals surface area contributed by atoms with Crippen LogP contribution in [0.5, 0.6) is 0 Å². The molecule has 0 radical (unpaired) electrons. The summed E-state index contributed by atoms with van der Waals surface area (Å²) in [6.07, 6.45) is 2.28. The van der Waals surface area contributed by atoms with Crippen LogP contribution >= 0.6 is 0 Å². The summed E-state index contributed by atoms with van der Waals surface area (Å²) in [6, 6.07) is 16.9. The standard InChI is InChI=1S/C20H13N3O4/c24-22(25)17-4-1-13(2-5-17)12-21-16-3-7-19-14(10-16)9-15-11-18(23(26)27)6-8-20(15)19/h1-8,10-12H,9H2.